The quantitative estimate of drug-likeness (QED) is 0.656. The Morgan fingerprint density at radius 2 is 1.93 bits per heavy atom. The highest BCUT2D eigenvalue weighted by atomic mass is 19.1. The van der Waals surface area contributed by atoms with Gasteiger partial charge in [-0.05, 0) is 43.6 Å². The Morgan fingerprint density at radius 1 is 1.14 bits per heavy atom. The van der Waals surface area contributed by atoms with E-state index in [4.69, 9.17) is 0 Å². The normalized spacial score (nSPS) is 16.2. The van der Waals surface area contributed by atoms with E-state index in [1.54, 1.807) is 23.1 Å². The molecule has 0 amide bonds. The van der Waals surface area contributed by atoms with Crippen LogP contribution in [0.2, 0.25) is 0 Å². The lowest BCUT2D eigenvalue weighted by Gasteiger charge is -2.30. The second-order valence-corrected chi connectivity index (χ2v) is 7.16. The number of rotatable bonds is 6. The molecular weight excluding hydrogens is 357 g/mol. The first-order chi connectivity index (χ1) is 13.7. The van der Waals surface area contributed by atoms with Crippen LogP contribution < -0.4 is 0 Å². The van der Waals surface area contributed by atoms with Crippen molar-refractivity contribution in [1.82, 2.24) is 34.4 Å². The third-order valence-electron chi connectivity index (χ3n) is 5.27. The second kappa shape index (κ2) is 8.43. The van der Waals surface area contributed by atoms with Gasteiger partial charge in [0.2, 0.25) is 0 Å². The number of hydrogen-bond donors (Lipinski definition) is 0. The summed E-state index contributed by atoms with van der Waals surface area (Å²) >= 11 is 0. The lowest BCUT2D eigenvalue weighted by atomic mass is 9.96. The van der Waals surface area contributed by atoms with Gasteiger partial charge in [0.25, 0.3) is 0 Å². The number of nitrogens with zero attached hydrogens (tertiary/aromatic N) is 7. The molecule has 0 N–H and O–H groups in total. The van der Waals surface area contributed by atoms with Gasteiger partial charge in [-0.3, -0.25) is 4.90 Å². The number of benzene rings is 1. The predicted octanol–water partition coefficient (Wildman–Crippen LogP) is 2.49. The summed E-state index contributed by atoms with van der Waals surface area (Å²) < 4.78 is 16.8. The first kappa shape index (κ1) is 18.5. The highest BCUT2D eigenvalue weighted by Gasteiger charge is 2.24. The van der Waals surface area contributed by atoms with Crippen LogP contribution in [0.25, 0.3) is 6.08 Å². The molecule has 7 nitrogen and oxygen atoms in total. The van der Waals surface area contributed by atoms with Gasteiger partial charge in [0.15, 0.2) is 5.82 Å². The molecule has 1 aromatic carbocycles. The molecule has 0 saturated carbocycles. The van der Waals surface area contributed by atoms with Gasteiger partial charge in [-0.1, -0.05) is 24.3 Å². The molecule has 0 radical (unpaired) electrons. The zero-order chi connectivity index (χ0) is 19.3. The number of aromatic nitrogens is 6. The summed E-state index contributed by atoms with van der Waals surface area (Å²) in [5.41, 5.74) is 1.02. The smallest absolute Gasteiger partial charge is 0.154 e. The zero-order valence-corrected chi connectivity index (χ0v) is 15.9. The summed E-state index contributed by atoms with van der Waals surface area (Å²) in [4.78, 5) is 6.40. The minimum absolute atomic E-state index is 0.201. The molecule has 1 fully saturated rings. The van der Waals surface area contributed by atoms with Crippen molar-refractivity contribution in [2.45, 2.75) is 25.3 Å². The highest BCUT2D eigenvalue weighted by molar-refractivity contribution is 5.48. The van der Waals surface area contributed by atoms with E-state index >= 15 is 0 Å². The lowest BCUT2D eigenvalue weighted by molar-refractivity contribution is 0.227. The summed E-state index contributed by atoms with van der Waals surface area (Å²) in [7, 11) is 2.03. The molecule has 0 spiro atoms. The fraction of sp³-hybridized carbons (Fsp3) is 0.400. The average Bonchev–Trinajstić information content (AvgIpc) is 3.35. The van der Waals surface area contributed by atoms with Gasteiger partial charge >= 0.3 is 0 Å². The van der Waals surface area contributed by atoms with Crippen molar-refractivity contribution < 1.29 is 4.39 Å². The van der Waals surface area contributed by atoms with E-state index in [9.17, 15) is 4.39 Å². The highest BCUT2D eigenvalue weighted by Crippen LogP contribution is 2.26. The molecule has 0 bridgehead atoms. The Morgan fingerprint density at radius 3 is 2.64 bits per heavy atom. The summed E-state index contributed by atoms with van der Waals surface area (Å²) in [6.07, 6.45) is 9.54. The fourth-order valence-corrected chi connectivity index (χ4v) is 3.61. The molecule has 0 aliphatic carbocycles. The zero-order valence-electron chi connectivity index (χ0n) is 15.9. The van der Waals surface area contributed by atoms with Crippen molar-refractivity contribution in [1.29, 1.82) is 0 Å². The number of halogens is 1. The van der Waals surface area contributed by atoms with E-state index in [-0.39, 0.29) is 5.82 Å². The molecule has 8 heteroatoms. The van der Waals surface area contributed by atoms with Gasteiger partial charge in [0.1, 0.15) is 30.8 Å². The summed E-state index contributed by atoms with van der Waals surface area (Å²) in [6, 6.07) is 6.57. The van der Waals surface area contributed by atoms with Crippen LogP contribution in [0, 0.1) is 5.82 Å². The number of hydrogen-bond acceptors (Lipinski definition) is 5. The van der Waals surface area contributed by atoms with E-state index in [1.807, 2.05) is 13.1 Å². The van der Waals surface area contributed by atoms with Crippen molar-refractivity contribution >= 4 is 6.08 Å². The van der Waals surface area contributed by atoms with Crippen molar-refractivity contribution in [3.05, 3.63) is 66.0 Å². The first-order valence-corrected chi connectivity index (χ1v) is 9.54. The van der Waals surface area contributed by atoms with Crippen LogP contribution in [0.15, 0.2) is 43.0 Å². The van der Waals surface area contributed by atoms with Crippen molar-refractivity contribution in [2.75, 3.05) is 19.6 Å². The minimum Gasteiger partial charge on any atom is -0.316 e. The molecule has 3 aromatic rings. The van der Waals surface area contributed by atoms with Crippen molar-refractivity contribution in [3.8, 4) is 0 Å². The molecule has 1 saturated heterocycles. The van der Waals surface area contributed by atoms with Crippen LogP contribution in [0.1, 0.15) is 36.0 Å². The Balaban J connectivity index is 1.29. The SMILES string of the molecule is Cn1c(Cn2cncn2)nnc1C1CCN(C/C=C/c2ccc(F)cc2)CC1. The monoisotopic (exact) mass is 381 g/mol. The summed E-state index contributed by atoms with van der Waals surface area (Å²) in [5, 5.41) is 12.9. The first-order valence-electron chi connectivity index (χ1n) is 9.54. The summed E-state index contributed by atoms with van der Waals surface area (Å²) in [5.74, 6) is 2.17. The van der Waals surface area contributed by atoms with E-state index < -0.39 is 0 Å². The standard InChI is InChI=1S/C20H24FN7/c1-26-19(13-28-15-22-14-23-28)24-25-20(26)17-8-11-27(12-9-17)10-2-3-16-4-6-18(21)7-5-16/h2-7,14-15,17H,8-13H2,1H3/b3-2+. The summed E-state index contributed by atoms with van der Waals surface area (Å²) in [6.45, 7) is 3.55. The van der Waals surface area contributed by atoms with Crippen LogP contribution in [-0.2, 0) is 13.6 Å². The molecule has 0 unspecified atom stereocenters. The maximum Gasteiger partial charge on any atom is 0.154 e. The van der Waals surface area contributed by atoms with Gasteiger partial charge in [0, 0.05) is 19.5 Å². The Hall–Kier alpha value is -2.87. The van der Waals surface area contributed by atoms with Crippen LogP contribution in [-0.4, -0.2) is 54.1 Å². The third kappa shape index (κ3) is 4.33. The molecule has 4 rings (SSSR count). The third-order valence-corrected chi connectivity index (χ3v) is 5.27. The van der Waals surface area contributed by atoms with Crippen molar-refractivity contribution in [3.63, 3.8) is 0 Å². The van der Waals surface area contributed by atoms with Crippen LogP contribution in [0.4, 0.5) is 4.39 Å². The molecule has 1 aliphatic rings. The maximum atomic E-state index is 12.9. The van der Waals surface area contributed by atoms with Gasteiger partial charge < -0.3 is 4.57 Å². The van der Waals surface area contributed by atoms with Gasteiger partial charge in [0.05, 0.1) is 0 Å². The molecule has 146 valence electrons. The molecule has 28 heavy (non-hydrogen) atoms. The topological polar surface area (TPSA) is 64.7 Å². The number of likely N-dealkylation sites (tertiary alicyclic amines) is 1. The van der Waals surface area contributed by atoms with Gasteiger partial charge in [-0.25, -0.2) is 14.1 Å². The Bertz CT molecular complexity index is 907. The van der Waals surface area contributed by atoms with E-state index in [0.717, 1.165) is 49.7 Å². The van der Waals surface area contributed by atoms with E-state index in [1.165, 1.54) is 18.5 Å². The van der Waals surface area contributed by atoms with E-state index in [0.29, 0.717) is 12.5 Å². The molecular formula is C20H24FN7. The molecule has 1 aliphatic heterocycles. The molecule has 2 aromatic heterocycles. The van der Waals surface area contributed by atoms with Crippen molar-refractivity contribution in [2.24, 2.45) is 7.05 Å². The Kier molecular flexibility index (Phi) is 5.57. The van der Waals surface area contributed by atoms with E-state index in [2.05, 4.69) is 35.8 Å². The largest absolute Gasteiger partial charge is 0.316 e. The Labute approximate surface area is 163 Å². The molecule has 0 atom stereocenters. The average molecular weight is 381 g/mol. The molecule has 3 heterocycles. The van der Waals surface area contributed by atoms with Gasteiger partial charge in [-0.2, -0.15) is 5.10 Å². The van der Waals surface area contributed by atoms with Crippen LogP contribution in [0.5, 0.6) is 0 Å². The number of piperidine rings is 1. The van der Waals surface area contributed by atoms with Crippen LogP contribution in [0.3, 0.4) is 0 Å². The predicted molar refractivity (Wildman–Crippen MR) is 104 cm³/mol. The maximum absolute atomic E-state index is 12.9. The second-order valence-electron chi connectivity index (χ2n) is 7.16. The lowest BCUT2D eigenvalue weighted by Crippen LogP contribution is -2.33. The minimum atomic E-state index is -0.201. The fourth-order valence-electron chi connectivity index (χ4n) is 3.61. The van der Waals surface area contributed by atoms with Crippen LogP contribution >= 0.6 is 0 Å². The van der Waals surface area contributed by atoms with Gasteiger partial charge in [-0.15, -0.1) is 10.2 Å².